The molecule has 0 spiro atoms. The number of hydrogen-bond acceptors (Lipinski definition) is 2. The van der Waals surface area contributed by atoms with E-state index < -0.39 is 0 Å². The highest BCUT2D eigenvalue weighted by Crippen LogP contribution is 2.19. The number of carbonyl (C=O) groups is 1. The van der Waals surface area contributed by atoms with Crippen molar-refractivity contribution in [2.24, 2.45) is 0 Å². The van der Waals surface area contributed by atoms with E-state index in [2.05, 4.69) is 41.1 Å². The lowest BCUT2D eigenvalue weighted by molar-refractivity contribution is -0.132. The van der Waals surface area contributed by atoms with Gasteiger partial charge < -0.3 is 4.90 Å². The first-order chi connectivity index (χ1) is 9.33. The topological polar surface area (TPSA) is 20.3 Å². The van der Waals surface area contributed by atoms with Crippen LogP contribution in [0.1, 0.15) is 23.1 Å². The molecule has 1 amide bonds. The van der Waals surface area contributed by atoms with Crippen molar-refractivity contribution in [2.45, 2.75) is 25.8 Å². The minimum Gasteiger partial charge on any atom is -0.338 e. The van der Waals surface area contributed by atoms with E-state index >= 15 is 0 Å². The van der Waals surface area contributed by atoms with Gasteiger partial charge in [0.25, 0.3) is 0 Å². The molecule has 1 aliphatic heterocycles. The summed E-state index contributed by atoms with van der Waals surface area (Å²) in [5.41, 5.74) is 3.97. The molecule has 3 heteroatoms. The third-order valence-electron chi connectivity index (χ3n) is 3.69. The quantitative estimate of drug-likeness (QED) is 0.839. The highest BCUT2D eigenvalue weighted by Gasteiger charge is 2.19. The Kier molecular flexibility index (Phi) is 3.65. The molecular weight excluding hydrogens is 254 g/mol. The molecule has 1 aromatic carbocycles. The summed E-state index contributed by atoms with van der Waals surface area (Å²) >= 11 is 1.69. The molecule has 0 radical (unpaired) electrons. The van der Waals surface area contributed by atoms with Crippen LogP contribution in [0.5, 0.6) is 0 Å². The second kappa shape index (κ2) is 5.57. The van der Waals surface area contributed by atoms with Crippen molar-refractivity contribution in [3.05, 3.63) is 57.8 Å². The lowest BCUT2D eigenvalue weighted by atomic mass is 9.99. The van der Waals surface area contributed by atoms with Crippen LogP contribution in [0, 0.1) is 0 Å². The van der Waals surface area contributed by atoms with Crippen LogP contribution in [-0.4, -0.2) is 17.4 Å². The third kappa shape index (κ3) is 2.87. The smallest absolute Gasteiger partial charge is 0.223 e. The Morgan fingerprint density at radius 1 is 1.21 bits per heavy atom. The van der Waals surface area contributed by atoms with Gasteiger partial charge in [-0.15, -0.1) is 0 Å². The van der Waals surface area contributed by atoms with E-state index in [1.165, 1.54) is 16.7 Å². The lowest BCUT2D eigenvalue weighted by Crippen LogP contribution is -2.36. The second-order valence-corrected chi connectivity index (χ2v) is 5.75. The van der Waals surface area contributed by atoms with E-state index in [1.54, 1.807) is 11.3 Å². The second-order valence-electron chi connectivity index (χ2n) is 4.97. The summed E-state index contributed by atoms with van der Waals surface area (Å²) in [7, 11) is 0. The van der Waals surface area contributed by atoms with Crippen LogP contribution >= 0.6 is 11.3 Å². The fourth-order valence-corrected chi connectivity index (χ4v) is 3.26. The van der Waals surface area contributed by atoms with E-state index in [4.69, 9.17) is 0 Å². The monoisotopic (exact) mass is 271 g/mol. The number of benzene rings is 1. The van der Waals surface area contributed by atoms with Crippen molar-refractivity contribution in [3.8, 4) is 0 Å². The van der Waals surface area contributed by atoms with Crippen LogP contribution in [0.4, 0.5) is 0 Å². The Balaban J connectivity index is 1.60. The number of carbonyl (C=O) groups excluding carboxylic acids is 1. The molecule has 0 bridgehead atoms. The molecule has 2 nitrogen and oxygen atoms in total. The summed E-state index contributed by atoms with van der Waals surface area (Å²) < 4.78 is 0. The maximum atomic E-state index is 12.2. The standard InChI is InChI=1S/C16H17NOS/c18-16(6-5-13-8-10-19-12-13)17-9-7-14-3-1-2-4-15(14)11-17/h1-4,8,10,12H,5-7,9,11H2. The number of amides is 1. The Hall–Kier alpha value is -1.61. The molecule has 0 aliphatic carbocycles. The van der Waals surface area contributed by atoms with E-state index in [1.807, 2.05) is 4.90 Å². The molecule has 98 valence electrons. The van der Waals surface area contributed by atoms with Gasteiger partial charge in [-0.2, -0.15) is 11.3 Å². The number of aryl methyl sites for hydroxylation is 1. The van der Waals surface area contributed by atoms with Crippen molar-refractivity contribution in [1.82, 2.24) is 4.90 Å². The largest absolute Gasteiger partial charge is 0.338 e. The minimum atomic E-state index is 0.278. The van der Waals surface area contributed by atoms with E-state index in [9.17, 15) is 4.79 Å². The molecule has 1 aliphatic rings. The van der Waals surface area contributed by atoms with Crippen LogP contribution in [0.3, 0.4) is 0 Å². The first-order valence-corrected chi connectivity index (χ1v) is 7.63. The maximum absolute atomic E-state index is 12.2. The predicted octanol–water partition coefficient (Wildman–Crippen LogP) is 3.27. The fourth-order valence-electron chi connectivity index (χ4n) is 2.55. The van der Waals surface area contributed by atoms with Gasteiger partial charge in [-0.3, -0.25) is 4.79 Å². The summed E-state index contributed by atoms with van der Waals surface area (Å²) in [6.07, 6.45) is 2.47. The zero-order valence-corrected chi connectivity index (χ0v) is 11.7. The molecule has 0 saturated heterocycles. The van der Waals surface area contributed by atoms with Crippen LogP contribution in [0.2, 0.25) is 0 Å². The van der Waals surface area contributed by atoms with E-state index in [0.29, 0.717) is 6.42 Å². The first-order valence-electron chi connectivity index (χ1n) is 6.68. The number of fused-ring (bicyclic) bond motifs is 1. The molecule has 3 rings (SSSR count). The zero-order valence-electron chi connectivity index (χ0n) is 10.8. The Morgan fingerprint density at radius 3 is 2.84 bits per heavy atom. The minimum absolute atomic E-state index is 0.278. The van der Waals surface area contributed by atoms with E-state index in [0.717, 1.165) is 25.9 Å². The van der Waals surface area contributed by atoms with Crippen molar-refractivity contribution < 1.29 is 4.79 Å². The van der Waals surface area contributed by atoms with Gasteiger partial charge in [0.05, 0.1) is 0 Å². The van der Waals surface area contributed by atoms with Gasteiger partial charge in [0.1, 0.15) is 0 Å². The van der Waals surface area contributed by atoms with Crippen molar-refractivity contribution in [1.29, 1.82) is 0 Å². The Morgan fingerprint density at radius 2 is 2.05 bits per heavy atom. The number of rotatable bonds is 3. The molecular formula is C16H17NOS. The Labute approximate surface area is 117 Å². The molecule has 19 heavy (non-hydrogen) atoms. The van der Waals surface area contributed by atoms with Gasteiger partial charge in [0.15, 0.2) is 0 Å². The van der Waals surface area contributed by atoms with Gasteiger partial charge >= 0.3 is 0 Å². The van der Waals surface area contributed by atoms with Gasteiger partial charge in [-0.1, -0.05) is 24.3 Å². The highest BCUT2D eigenvalue weighted by molar-refractivity contribution is 7.07. The van der Waals surface area contributed by atoms with Crippen molar-refractivity contribution in [2.75, 3.05) is 6.54 Å². The van der Waals surface area contributed by atoms with Crippen LogP contribution in [-0.2, 0) is 24.2 Å². The molecule has 0 unspecified atom stereocenters. The molecule has 1 aromatic heterocycles. The van der Waals surface area contributed by atoms with Crippen LogP contribution in [0.15, 0.2) is 41.1 Å². The summed E-state index contributed by atoms with van der Waals surface area (Å²) in [6.45, 7) is 1.64. The molecule has 0 fully saturated rings. The average Bonchev–Trinajstić information content (AvgIpc) is 2.97. The zero-order chi connectivity index (χ0) is 13.1. The van der Waals surface area contributed by atoms with Gasteiger partial charge in [-0.05, 0) is 46.4 Å². The van der Waals surface area contributed by atoms with Crippen LogP contribution < -0.4 is 0 Å². The third-order valence-corrected chi connectivity index (χ3v) is 4.42. The molecule has 0 saturated carbocycles. The number of nitrogens with zero attached hydrogens (tertiary/aromatic N) is 1. The fraction of sp³-hybridized carbons (Fsp3) is 0.312. The normalized spacial score (nSPS) is 14.2. The molecule has 0 N–H and O–H groups in total. The summed E-state index contributed by atoms with van der Waals surface area (Å²) in [5, 5.41) is 4.19. The van der Waals surface area contributed by atoms with Crippen molar-refractivity contribution in [3.63, 3.8) is 0 Å². The number of hydrogen-bond donors (Lipinski definition) is 0. The molecule has 2 heterocycles. The van der Waals surface area contributed by atoms with Crippen molar-refractivity contribution >= 4 is 17.2 Å². The number of thiophene rings is 1. The lowest BCUT2D eigenvalue weighted by Gasteiger charge is -2.29. The van der Waals surface area contributed by atoms with E-state index in [-0.39, 0.29) is 5.91 Å². The van der Waals surface area contributed by atoms with Gasteiger partial charge in [0.2, 0.25) is 5.91 Å². The van der Waals surface area contributed by atoms with Gasteiger partial charge in [0, 0.05) is 19.5 Å². The SMILES string of the molecule is O=C(CCc1ccsc1)N1CCc2ccccc2C1. The van der Waals surface area contributed by atoms with Crippen LogP contribution in [0.25, 0.3) is 0 Å². The first kappa shape index (κ1) is 12.4. The summed E-state index contributed by atoms with van der Waals surface area (Å²) in [5.74, 6) is 0.278. The average molecular weight is 271 g/mol. The molecule has 2 aromatic rings. The Bertz CT molecular complexity index is 562. The highest BCUT2D eigenvalue weighted by atomic mass is 32.1. The predicted molar refractivity (Wildman–Crippen MR) is 78.2 cm³/mol. The molecule has 0 atom stereocenters. The summed E-state index contributed by atoms with van der Waals surface area (Å²) in [4.78, 5) is 14.2. The van der Waals surface area contributed by atoms with Gasteiger partial charge in [-0.25, -0.2) is 0 Å². The summed E-state index contributed by atoms with van der Waals surface area (Å²) in [6, 6.07) is 10.5. The maximum Gasteiger partial charge on any atom is 0.223 e.